The molecule has 0 aliphatic heterocycles. The van der Waals surface area contributed by atoms with Gasteiger partial charge in [0, 0.05) is 15.5 Å². The van der Waals surface area contributed by atoms with Gasteiger partial charge in [0.2, 0.25) is 0 Å². The molecule has 0 saturated heterocycles. The number of hydrogen-bond acceptors (Lipinski definition) is 1. The van der Waals surface area contributed by atoms with Crippen LogP contribution in [-0.2, 0) is 12.8 Å². The largest absolute Gasteiger partial charge is 0.314 e. The van der Waals surface area contributed by atoms with E-state index in [2.05, 4.69) is 71.5 Å². The molecule has 0 bridgehead atoms. The lowest BCUT2D eigenvalue weighted by Gasteiger charge is -2.19. The molecule has 1 N–H and O–H groups in total. The molecule has 0 aromatic heterocycles. The molecule has 1 nitrogen and oxygen atoms in total. The molecule has 1 unspecified atom stereocenters. The Bertz CT molecular complexity index is 580. The van der Waals surface area contributed by atoms with Gasteiger partial charge < -0.3 is 5.32 Å². The first kappa shape index (κ1) is 16.5. The van der Waals surface area contributed by atoms with Crippen molar-refractivity contribution in [2.24, 2.45) is 0 Å². The molecule has 0 heterocycles. The highest BCUT2D eigenvalue weighted by Gasteiger charge is 2.12. The summed E-state index contributed by atoms with van der Waals surface area (Å²) in [5.41, 5.74) is 3.85. The predicted molar refractivity (Wildman–Crippen MR) is 95.2 cm³/mol. The molecule has 2 rings (SSSR count). The smallest absolute Gasteiger partial charge is 0.0449 e. The van der Waals surface area contributed by atoms with Crippen LogP contribution in [0.1, 0.15) is 23.6 Å². The molecule has 0 radical (unpaired) electrons. The van der Waals surface area contributed by atoms with E-state index in [1.807, 2.05) is 6.07 Å². The monoisotopic (exact) mass is 365 g/mol. The summed E-state index contributed by atoms with van der Waals surface area (Å²) in [5.74, 6) is 0. The summed E-state index contributed by atoms with van der Waals surface area (Å²) >= 11 is 9.79. The molecule has 21 heavy (non-hydrogen) atoms. The van der Waals surface area contributed by atoms with Crippen LogP contribution in [0.3, 0.4) is 0 Å². The number of likely N-dealkylation sites (N-methyl/N-ethyl adjacent to an activating group) is 1. The van der Waals surface area contributed by atoms with Gasteiger partial charge in [0.25, 0.3) is 0 Å². The maximum Gasteiger partial charge on any atom is 0.0449 e. The van der Waals surface area contributed by atoms with Gasteiger partial charge in [-0.1, -0.05) is 70.3 Å². The number of rotatable bonds is 6. The second-order valence-electron chi connectivity index (χ2n) is 5.38. The van der Waals surface area contributed by atoms with Crippen molar-refractivity contribution in [1.29, 1.82) is 0 Å². The Morgan fingerprint density at radius 1 is 1.10 bits per heavy atom. The van der Waals surface area contributed by atoms with Crippen molar-refractivity contribution in [3.8, 4) is 0 Å². The fourth-order valence-corrected chi connectivity index (χ4v) is 3.22. The van der Waals surface area contributed by atoms with E-state index in [0.29, 0.717) is 6.04 Å². The summed E-state index contributed by atoms with van der Waals surface area (Å²) < 4.78 is 1.02. The Kier molecular flexibility index (Phi) is 6.28. The highest BCUT2D eigenvalue weighted by molar-refractivity contribution is 9.10. The van der Waals surface area contributed by atoms with Gasteiger partial charge in [-0.15, -0.1) is 0 Å². The molecule has 3 heteroatoms. The molecule has 0 aliphatic rings. The van der Waals surface area contributed by atoms with Crippen LogP contribution < -0.4 is 5.32 Å². The highest BCUT2D eigenvalue weighted by atomic mass is 79.9. The van der Waals surface area contributed by atoms with Crippen LogP contribution in [0.2, 0.25) is 5.02 Å². The Balaban J connectivity index is 2.09. The lowest BCUT2D eigenvalue weighted by molar-refractivity contribution is 0.521. The van der Waals surface area contributed by atoms with E-state index in [1.54, 1.807) is 0 Å². The van der Waals surface area contributed by atoms with Crippen LogP contribution in [0.25, 0.3) is 0 Å². The van der Waals surface area contributed by atoms with E-state index >= 15 is 0 Å². The zero-order valence-electron chi connectivity index (χ0n) is 12.5. The van der Waals surface area contributed by atoms with E-state index in [9.17, 15) is 0 Å². The minimum absolute atomic E-state index is 0.399. The van der Waals surface area contributed by atoms with Gasteiger partial charge in [-0.25, -0.2) is 0 Å². The van der Waals surface area contributed by atoms with E-state index < -0.39 is 0 Å². The van der Waals surface area contributed by atoms with Crippen LogP contribution in [0.15, 0.2) is 46.9 Å². The molecular weight excluding hydrogens is 346 g/mol. The summed E-state index contributed by atoms with van der Waals surface area (Å²) in [6, 6.07) is 15.3. The van der Waals surface area contributed by atoms with Crippen LogP contribution in [-0.4, -0.2) is 12.6 Å². The van der Waals surface area contributed by atoms with E-state index in [1.165, 1.54) is 16.7 Å². The third-order valence-electron chi connectivity index (χ3n) is 3.58. The van der Waals surface area contributed by atoms with Gasteiger partial charge in [0.05, 0.1) is 0 Å². The first-order valence-electron chi connectivity index (χ1n) is 7.31. The number of hydrogen-bond donors (Lipinski definition) is 1. The quantitative estimate of drug-likeness (QED) is 0.743. The topological polar surface area (TPSA) is 12.0 Å². The fourth-order valence-electron chi connectivity index (χ4n) is 2.47. The van der Waals surface area contributed by atoms with Crippen LogP contribution in [0.4, 0.5) is 0 Å². The van der Waals surface area contributed by atoms with Gasteiger partial charge in [-0.3, -0.25) is 0 Å². The summed E-state index contributed by atoms with van der Waals surface area (Å²) in [6.45, 7) is 5.23. The maximum absolute atomic E-state index is 6.34. The number of halogens is 2. The molecule has 0 amide bonds. The first-order chi connectivity index (χ1) is 10.1. The number of aryl methyl sites for hydroxylation is 1. The Labute approximate surface area is 140 Å². The minimum Gasteiger partial charge on any atom is -0.314 e. The van der Waals surface area contributed by atoms with E-state index in [4.69, 9.17) is 11.6 Å². The SMILES string of the molecule is CCNC(Cc1ccc(C)cc1)Cc1ccc(Br)cc1Cl. The molecule has 2 aromatic carbocycles. The average Bonchev–Trinajstić information content (AvgIpc) is 2.44. The van der Waals surface area contributed by atoms with Crippen molar-refractivity contribution in [2.75, 3.05) is 6.54 Å². The third-order valence-corrected chi connectivity index (χ3v) is 4.42. The summed E-state index contributed by atoms with van der Waals surface area (Å²) in [7, 11) is 0. The van der Waals surface area contributed by atoms with Gasteiger partial charge in [-0.2, -0.15) is 0 Å². The molecule has 2 aromatic rings. The highest BCUT2D eigenvalue weighted by Crippen LogP contribution is 2.23. The minimum atomic E-state index is 0.399. The first-order valence-corrected chi connectivity index (χ1v) is 8.48. The maximum atomic E-state index is 6.34. The van der Waals surface area contributed by atoms with Crippen LogP contribution in [0.5, 0.6) is 0 Å². The van der Waals surface area contributed by atoms with Gasteiger partial charge in [-0.05, 0) is 49.6 Å². The van der Waals surface area contributed by atoms with Crippen molar-refractivity contribution in [1.82, 2.24) is 5.32 Å². The Morgan fingerprint density at radius 2 is 1.81 bits per heavy atom. The van der Waals surface area contributed by atoms with Crippen molar-refractivity contribution >= 4 is 27.5 Å². The fraction of sp³-hybridized carbons (Fsp3) is 0.333. The lowest BCUT2D eigenvalue weighted by Crippen LogP contribution is -2.33. The van der Waals surface area contributed by atoms with Gasteiger partial charge in [0.15, 0.2) is 0 Å². The summed E-state index contributed by atoms with van der Waals surface area (Å²) in [6.07, 6.45) is 1.95. The van der Waals surface area contributed by atoms with Crippen LogP contribution in [0, 0.1) is 6.92 Å². The molecule has 0 aliphatic carbocycles. The third kappa shape index (κ3) is 5.14. The molecule has 0 saturated carbocycles. The predicted octanol–water partition coefficient (Wildman–Crippen LogP) is 5.17. The zero-order valence-corrected chi connectivity index (χ0v) is 14.8. The normalized spacial score (nSPS) is 12.4. The van der Waals surface area contributed by atoms with E-state index in [-0.39, 0.29) is 0 Å². The molecule has 0 fully saturated rings. The van der Waals surface area contributed by atoms with E-state index in [0.717, 1.165) is 28.9 Å². The zero-order chi connectivity index (χ0) is 15.2. The molecule has 112 valence electrons. The number of nitrogens with one attached hydrogen (secondary N) is 1. The average molecular weight is 367 g/mol. The molecule has 1 atom stereocenters. The van der Waals surface area contributed by atoms with Crippen LogP contribution >= 0.6 is 27.5 Å². The Morgan fingerprint density at radius 3 is 2.43 bits per heavy atom. The second kappa shape index (κ2) is 7.98. The van der Waals surface area contributed by atoms with Crippen molar-refractivity contribution in [3.05, 3.63) is 68.7 Å². The van der Waals surface area contributed by atoms with Gasteiger partial charge >= 0.3 is 0 Å². The molecule has 0 spiro atoms. The van der Waals surface area contributed by atoms with Crippen molar-refractivity contribution in [3.63, 3.8) is 0 Å². The lowest BCUT2D eigenvalue weighted by atomic mass is 9.98. The van der Waals surface area contributed by atoms with Crippen molar-refractivity contribution < 1.29 is 0 Å². The van der Waals surface area contributed by atoms with Gasteiger partial charge in [0.1, 0.15) is 0 Å². The summed E-state index contributed by atoms with van der Waals surface area (Å²) in [4.78, 5) is 0. The summed E-state index contributed by atoms with van der Waals surface area (Å²) in [5, 5.41) is 4.40. The number of benzene rings is 2. The standard InChI is InChI=1S/C18H21BrClN/c1-3-21-17(10-14-6-4-13(2)5-7-14)11-15-8-9-16(19)12-18(15)20/h4-9,12,17,21H,3,10-11H2,1-2H3. The second-order valence-corrected chi connectivity index (χ2v) is 6.71. The molecular formula is C18H21BrClN. The Hall–Kier alpha value is -0.830. The van der Waals surface area contributed by atoms with Crippen molar-refractivity contribution in [2.45, 2.75) is 32.7 Å².